The first-order valence-corrected chi connectivity index (χ1v) is 11.5. The van der Waals surface area contributed by atoms with Gasteiger partial charge in [-0.05, 0) is 68.3 Å². The third kappa shape index (κ3) is 5.69. The van der Waals surface area contributed by atoms with Crippen LogP contribution in [0.25, 0.3) is 0 Å². The molecule has 0 bridgehead atoms. The lowest BCUT2D eigenvalue weighted by molar-refractivity contribution is -0.163. The zero-order chi connectivity index (χ0) is 23.4. The molecule has 6 heteroatoms. The second-order valence-electron chi connectivity index (χ2n) is 10.1. The number of esters is 3. The first kappa shape index (κ1) is 25.4. The molecule has 0 aromatic rings. The smallest absolute Gasteiger partial charge is 0.312 e. The molecular formula is C25H40O6. The largest absolute Gasteiger partial charge is 0.469 e. The van der Waals surface area contributed by atoms with Crippen LogP contribution in [0.4, 0.5) is 0 Å². The van der Waals surface area contributed by atoms with E-state index in [0.29, 0.717) is 24.9 Å². The second-order valence-corrected chi connectivity index (χ2v) is 10.1. The van der Waals surface area contributed by atoms with Gasteiger partial charge in [-0.1, -0.05) is 26.3 Å². The number of hydrogen-bond acceptors (Lipinski definition) is 6. The van der Waals surface area contributed by atoms with Crippen LogP contribution in [0, 0.1) is 28.6 Å². The van der Waals surface area contributed by atoms with Crippen molar-refractivity contribution in [2.75, 3.05) is 13.7 Å². The molecule has 0 radical (unpaired) electrons. The first-order valence-electron chi connectivity index (χ1n) is 11.5. The van der Waals surface area contributed by atoms with Crippen LogP contribution in [0.5, 0.6) is 0 Å². The summed E-state index contributed by atoms with van der Waals surface area (Å²) in [5.41, 5.74) is 0.442. The molecule has 176 valence electrons. The van der Waals surface area contributed by atoms with Gasteiger partial charge in [-0.2, -0.15) is 0 Å². The summed E-state index contributed by atoms with van der Waals surface area (Å²) in [6, 6.07) is 0. The molecule has 0 N–H and O–H groups in total. The van der Waals surface area contributed by atoms with Crippen molar-refractivity contribution in [2.45, 2.75) is 86.2 Å². The summed E-state index contributed by atoms with van der Waals surface area (Å²) < 4.78 is 15.9. The Balaban J connectivity index is 2.29. The number of carbonyl (C=O) groups is 3. The molecule has 2 aliphatic carbocycles. The van der Waals surface area contributed by atoms with Crippen LogP contribution in [0.15, 0.2) is 11.6 Å². The minimum absolute atomic E-state index is 0.0873. The minimum Gasteiger partial charge on any atom is -0.469 e. The van der Waals surface area contributed by atoms with Crippen molar-refractivity contribution in [3.63, 3.8) is 0 Å². The van der Waals surface area contributed by atoms with E-state index >= 15 is 0 Å². The fourth-order valence-electron chi connectivity index (χ4n) is 5.59. The maximum atomic E-state index is 12.9. The third-order valence-electron chi connectivity index (χ3n) is 7.81. The molecule has 2 aliphatic rings. The zero-order valence-electron chi connectivity index (χ0n) is 20.3. The molecular weight excluding hydrogens is 396 g/mol. The second kappa shape index (κ2) is 10.2. The molecule has 0 aliphatic heterocycles. The van der Waals surface area contributed by atoms with Crippen molar-refractivity contribution in [3.8, 4) is 0 Å². The van der Waals surface area contributed by atoms with Gasteiger partial charge in [0.05, 0.1) is 19.1 Å². The van der Waals surface area contributed by atoms with Gasteiger partial charge in [0.1, 0.15) is 6.10 Å². The highest BCUT2D eigenvalue weighted by Crippen LogP contribution is 2.59. The van der Waals surface area contributed by atoms with Crippen molar-refractivity contribution in [1.82, 2.24) is 0 Å². The zero-order valence-corrected chi connectivity index (χ0v) is 20.3. The van der Waals surface area contributed by atoms with Crippen LogP contribution in [0.1, 0.15) is 80.1 Å². The highest BCUT2D eigenvalue weighted by atomic mass is 16.5. The number of fused-ring (bicyclic) bond motifs is 1. The van der Waals surface area contributed by atoms with Crippen LogP contribution >= 0.6 is 0 Å². The van der Waals surface area contributed by atoms with E-state index in [4.69, 9.17) is 14.2 Å². The quantitative estimate of drug-likeness (QED) is 0.307. The van der Waals surface area contributed by atoms with E-state index in [0.717, 1.165) is 32.1 Å². The maximum Gasteiger partial charge on any atom is 0.312 e. The first-order chi connectivity index (χ1) is 14.4. The highest BCUT2D eigenvalue weighted by molar-refractivity contribution is 5.78. The normalized spacial score (nSPS) is 33.5. The fourth-order valence-corrected chi connectivity index (χ4v) is 5.59. The third-order valence-corrected chi connectivity index (χ3v) is 7.81. The average molecular weight is 437 g/mol. The summed E-state index contributed by atoms with van der Waals surface area (Å²) in [7, 11) is 1.43. The molecule has 0 aromatic carbocycles. The summed E-state index contributed by atoms with van der Waals surface area (Å²) in [5.74, 6) is 0.153. The lowest BCUT2D eigenvalue weighted by atomic mass is 9.51. The Hall–Kier alpha value is -1.85. The summed E-state index contributed by atoms with van der Waals surface area (Å²) in [4.78, 5) is 35.6. The van der Waals surface area contributed by atoms with Gasteiger partial charge in [0.25, 0.3) is 0 Å². The summed E-state index contributed by atoms with van der Waals surface area (Å²) >= 11 is 0. The highest BCUT2D eigenvalue weighted by Gasteiger charge is 2.55. The SMILES string of the molecule is COC(=O)[C@@]1(C)C[C@@H](OC(C)=O)C=C2[C@@H]1CC[C@@H](C)[C@]2(C)CC[C@@H](C)CCOC(C)=O. The number of rotatable bonds is 8. The molecule has 6 nitrogen and oxygen atoms in total. The summed E-state index contributed by atoms with van der Waals surface area (Å²) in [6.07, 6.45) is 6.95. The van der Waals surface area contributed by atoms with Gasteiger partial charge >= 0.3 is 17.9 Å². The molecule has 2 rings (SSSR count). The van der Waals surface area contributed by atoms with Gasteiger partial charge < -0.3 is 14.2 Å². The van der Waals surface area contributed by atoms with Gasteiger partial charge in [-0.3, -0.25) is 14.4 Å². The van der Waals surface area contributed by atoms with E-state index in [1.165, 1.54) is 26.5 Å². The van der Waals surface area contributed by atoms with E-state index in [1.807, 2.05) is 6.92 Å². The van der Waals surface area contributed by atoms with Crippen LogP contribution < -0.4 is 0 Å². The number of methoxy groups -OCH3 is 1. The molecule has 0 heterocycles. The topological polar surface area (TPSA) is 78.9 Å². The Morgan fingerprint density at radius 1 is 1.13 bits per heavy atom. The molecule has 0 unspecified atom stereocenters. The summed E-state index contributed by atoms with van der Waals surface area (Å²) in [6.45, 7) is 12.0. The Kier molecular flexibility index (Phi) is 8.34. The standard InChI is InChI=1S/C25H40O6/c1-16(11-13-30-18(3)26)10-12-24(5)17(2)8-9-21-22(24)14-20(31-19(4)27)15-25(21,6)23(28)29-7/h14,16-17,20-21H,8-13,15H2,1-7H3/t16-,17-,20+,21+,24+,25+/m1/s1. The molecule has 0 saturated heterocycles. The van der Waals surface area contributed by atoms with Gasteiger partial charge in [0.15, 0.2) is 0 Å². The predicted octanol–water partition coefficient (Wildman–Crippen LogP) is 4.85. The fraction of sp³-hybridized carbons (Fsp3) is 0.800. The van der Waals surface area contributed by atoms with Gasteiger partial charge in [0.2, 0.25) is 0 Å². The van der Waals surface area contributed by atoms with Crippen LogP contribution in [0.3, 0.4) is 0 Å². The number of hydrogen-bond donors (Lipinski definition) is 0. The average Bonchev–Trinajstić information content (AvgIpc) is 2.68. The number of allylic oxidation sites excluding steroid dienone is 1. The Bertz CT molecular complexity index is 713. The van der Waals surface area contributed by atoms with E-state index < -0.39 is 11.5 Å². The van der Waals surface area contributed by atoms with Crippen LogP contribution in [-0.4, -0.2) is 37.7 Å². The van der Waals surface area contributed by atoms with Crippen molar-refractivity contribution < 1.29 is 28.6 Å². The lowest BCUT2D eigenvalue weighted by Gasteiger charge is -2.54. The number of carbonyl (C=O) groups excluding carboxylic acids is 3. The predicted molar refractivity (Wildman–Crippen MR) is 118 cm³/mol. The van der Waals surface area contributed by atoms with Crippen molar-refractivity contribution in [1.29, 1.82) is 0 Å². The van der Waals surface area contributed by atoms with E-state index in [9.17, 15) is 14.4 Å². The monoisotopic (exact) mass is 436 g/mol. The van der Waals surface area contributed by atoms with Crippen molar-refractivity contribution in [2.24, 2.45) is 28.6 Å². The van der Waals surface area contributed by atoms with Crippen molar-refractivity contribution >= 4 is 17.9 Å². The molecule has 6 atom stereocenters. The lowest BCUT2D eigenvalue weighted by Crippen LogP contribution is -2.50. The van der Waals surface area contributed by atoms with Gasteiger partial charge in [-0.25, -0.2) is 0 Å². The molecule has 1 fully saturated rings. The van der Waals surface area contributed by atoms with E-state index in [2.05, 4.69) is 26.8 Å². The van der Waals surface area contributed by atoms with Gasteiger partial charge in [0, 0.05) is 20.3 Å². The molecule has 0 amide bonds. The van der Waals surface area contributed by atoms with Crippen molar-refractivity contribution in [3.05, 3.63) is 11.6 Å². The number of ether oxygens (including phenoxy) is 3. The van der Waals surface area contributed by atoms with Crippen LogP contribution in [0.2, 0.25) is 0 Å². The Labute approximate surface area is 187 Å². The molecule has 1 saturated carbocycles. The van der Waals surface area contributed by atoms with Crippen LogP contribution in [-0.2, 0) is 28.6 Å². The molecule has 0 aromatic heterocycles. The van der Waals surface area contributed by atoms with E-state index in [1.54, 1.807) is 0 Å². The van der Waals surface area contributed by atoms with E-state index in [-0.39, 0.29) is 29.2 Å². The minimum atomic E-state index is -0.707. The molecule has 31 heavy (non-hydrogen) atoms. The Morgan fingerprint density at radius 3 is 2.39 bits per heavy atom. The Morgan fingerprint density at radius 2 is 1.81 bits per heavy atom. The summed E-state index contributed by atoms with van der Waals surface area (Å²) in [5, 5.41) is 0. The maximum absolute atomic E-state index is 12.9. The molecule has 0 spiro atoms. The van der Waals surface area contributed by atoms with Gasteiger partial charge in [-0.15, -0.1) is 0 Å².